The Balaban J connectivity index is 1.40. The second kappa shape index (κ2) is 9.27. The lowest BCUT2D eigenvalue weighted by molar-refractivity contribution is -0.385. The first-order valence-corrected chi connectivity index (χ1v) is 9.55. The van der Waals surface area contributed by atoms with Gasteiger partial charge in [0.1, 0.15) is 24.7 Å². The van der Waals surface area contributed by atoms with Gasteiger partial charge in [-0.15, -0.1) is 0 Å². The van der Waals surface area contributed by atoms with Crippen LogP contribution in [0.25, 0.3) is 0 Å². The first-order valence-electron chi connectivity index (χ1n) is 9.55. The third-order valence-corrected chi connectivity index (χ3v) is 4.68. The topological polar surface area (TPSA) is 97.1 Å². The Labute approximate surface area is 178 Å². The second-order valence-corrected chi connectivity index (χ2v) is 6.84. The van der Waals surface area contributed by atoms with Crippen molar-refractivity contribution < 1.29 is 28.7 Å². The Hall–Kier alpha value is -3.91. The predicted molar refractivity (Wildman–Crippen MR) is 110 cm³/mol. The Morgan fingerprint density at radius 3 is 2.55 bits per heavy atom. The smallest absolute Gasteiger partial charge is 0.338 e. The van der Waals surface area contributed by atoms with E-state index < -0.39 is 10.9 Å². The number of ether oxygens (including phenoxy) is 4. The Bertz CT molecular complexity index is 1080. The van der Waals surface area contributed by atoms with E-state index in [0.29, 0.717) is 34.8 Å². The first kappa shape index (κ1) is 20.4. The maximum Gasteiger partial charge on any atom is 0.338 e. The molecule has 3 aromatic rings. The second-order valence-electron chi connectivity index (χ2n) is 6.84. The number of nitro groups is 1. The van der Waals surface area contributed by atoms with Gasteiger partial charge in [-0.2, -0.15) is 0 Å². The molecule has 0 N–H and O–H groups in total. The molecule has 4 rings (SSSR count). The third kappa shape index (κ3) is 4.99. The number of non-ortho nitro benzene ring substituents is 1. The van der Waals surface area contributed by atoms with Gasteiger partial charge in [-0.3, -0.25) is 10.1 Å². The van der Waals surface area contributed by atoms with Gasteiger partial charge in [-0.1, -0.05) is 30.3 Å². The Kier molecular flexibility index (Phi) is 6.09. The Morgan fingerprint density at radius 2 is 1.81 bits per heavy atom. The van der Waals surface area contributed by atoms with Crippen molar-refractivity contribution in [3.8, 4) is 11.5 Å². The average molecular weight is 421 g/mol. The van der Waals surface area contributed by atoms with E-state index in [1.807, 2.05) is 30.3 Å². The molecule has 1 aliphatic rings. The Morgan fingerprint density at radius 1 is 1.03 bits per heavy atom. The van der Waals surface area contributed by atoms with E-state index in [2.05, 4.69) is 0 Å². The van der Waals surface area contributed by atoms with E-state index in [0.717, 1.165) is 5.56 Å². The average Bonchev–Trinajstić information content (AvgIpc) is 2.81. The van der Waals surface area contributed by atoms with Crippen molar-refractivity contribution in [3.05, 3.63) is 99.1 Å². The van der Waals surface area contributed by atoms with Gasteiger partial charge in [-0.25, -0.2) is 4.79 Å². The van der Waals surface area contributed by atoms with Crippen LogP contribution in [0.4, 0.5) is 5.69 Å². The number of carbonyl (C=O) groups excluding carboxylic acids is 1. The van der Waals surface area contributed by atoms with Crippen molar-refractivity contribution in [1.82, 2.24) is 0 Å². The largest absolute Gasteiger partial charge is 0.489 e. The van der Waals surface area contributed by atoms with Crippen LogP contribution in [0.5, 0.6) is 11.5 Å². The van der Waals surface area contributed by atoms with Gasteiger partial charge in [0.05, 0.1) is 17.1 Å². The summed E-state index contributed by atoms with van der Waals surface area (Å²) in [6.45, 7) is 0.500. The molecular formula is C23H19NO7. The summed E-state index contributed by atoms with van der Waals surface area (Å²) in [7, 11) is 0. The molecular weight excluding hydrogens is 402 g/mol. The molecule has 0 radical (unpaired) electrons. The molecule has 8 nitrogen and oxygen atoms in total. The lowest BCUT2D eigenvalue weighted by atomic mass is 10.1. The highest BCUT2D eigenvalue weighted by Gasteiger charge is 2.22. The van der Waals surface area contributed by atoms with Crippen LogP contribution >= 0.6 is 0 Å². The summed E-state index contributed by atoms with van der Waals surface area (Å²) in [5, 5.41) is 11.2. The van der Waals surface area contributed by atoms with Crippen LogP contribution in [0.1, 0.15) is 27.0 Å². The van der Waals surface area contributed by atoms with Crippen LogP contribution < -0.4 is 9.47 Å². The molecule has 0 unspecified atom stereocenters. The molecule has 31 heavy (non-hydrogen) atoms. The zero-order chi connectivity index (χ0) is 21.6. The standard InChI is InChI=1S/C23H19NO7/c25-23(17-6-8-21(9-7-17)29-12-16-4-2-1-3-5-16)30-14-19-11-20(24(26)27)10-18-13-28-15-31-22(18)19/h1-11H,12-15H2. The summed E-state index contributed by atoms with van der Waals surface area (Å²) < 4.78 is 21.7. The van der Waals surface area contributed by atoms with Crippen molar-refractivity contribution in [2.75, 3.05) is 6.79 Å². The third-order valence-electron chi connectivity index (χ3n) is 4.68. The summed E-state index contributed by atoms with van der Waals surface area (Å²) in [5.41, 5.74) is 2.24. The molecule has 0 saturated carbocycles. The van der Waals surface area contributed by atoms with E-state index >= 15 is 0 Å². The quantitative estimate of drug-likeness (QED) is 0.317. The molecule has 0 spiro atoms. The molecule has 0 saturated heterocycles. The SMILES string of the molecule is O=C(OCc1cc([N+](=O)[O-])cc2c1OCOC2)c1ccc(OCc2ccccc2)cc1. The lowest BCUT2D eigenvalue weighted by Gasteiger charge is -2.20. The number of fused-ring (bicyclic) bond motifs is 1. The molecule has 0 bridgehead atoms. The highest BCUT2D eigenvalue weighted by atomic mass is 16.7. The molecule has 3 aromatic carbocycles. The molecule has 0 aromatic heterocycles. The molecule has 1 heterocycles. The van der Waals surface area contributed by atoms with E-state index in [1.165, 1.54) is 12.1 Å². The fraction of sp³-hybridized carbons (Fsp3) is 0.174. The summed E-state index contributed by atoms with van der Waals surface area (Å²) in [5.74, 6) is 0.526. The monoisotopic (exact) mass is 421 g/mol. The number of benzene rings is 3. The zero-order valence-electron chi connectivity index (χ0n) is 16.5. The van der Waals surface area contributed by atoms with Crippen molar-refractivity contribution in [2.24, 2.45) is 0 Å². The number of nitrogens with zero attached hydrogens (tertiary/aromatic N) is 1. The van der Waals surface area contributed by atoms with Gasteiger partial charge < -0.3 is 18.9 Å². The number of nitro benzene ring substituents is 1. The van der Waals surface area contributed by atoms with Crippen LogP contribution in [-0.4, -0.2) is 17.7 Å². The molecule has 0 atom stereocenters. The van der Waals surface area contributed by atoms with Crippen LogP contribution in [0, 0.1) is 10.1 Å². The van der Waals surface area contributed by atoms with E-state index in [-0.39, 0.29) is 25.7 Å². The minimum Gasteiger partial charge on any atom is -0.489 e. The van der Waals surface area contributed by atoms with Gasteiger partial charge in [0, 0.05) is 23.3 Å². The van der Waals surface area contributed by atoms with E-state index in [1.54, 1.807) is 24.3 Å². The van der Waals surface area contributed by atoms with Crippen LogP contribution in [0.15, 0.2) is 66.7 Å². The number of rotatable bonds is 7. The highest BCUT2D eigenvalue weighted by Crippen LogP contribution is 2.33. The highest BCUT2D eigenvalue weighted by molar-refractivity contribution is 5.89. The van der Waals surface area contributed by atoms with Crippen molar-refractivity contribution in [2.45, 2.75) is 19.8 Å². The van der Waals surface area contributed by atoms with Crippen LogP contribution in [0.3, 0.4) is 0 Å². The maximum atomic E-state index is 12.4. The summed E-state index contributed by atoms with van der Waals surface area (Å²) >= 11 is 0. The minimum atomic E-state index is -0.554. The normalized spacial score (nSPS) is 12.4. The van der Waals surface area contributed by atoms with Crippen LogP contribution in [-0.2, 0) is 29.3 Å². The zero-order valence-corrected chi connectivity index (χ0v) is 16.5. The fourth-order valence-corrected chi connectivity index (χ4v) is 3.15. The molecule has 158 valence electrons. The molecule has 0 fully saturated rings. The van der Waals surface area contributed by atoms with Crippen LogP contribution in [0.2, 0.25) is 0 Å². The number of hydrogen-bond donors (Lipinski definition) is 0. The van der Waals surface area contributed by atoms with Crippen molar-refractivity contribution in [3.63, 3.8) is 0 Å². The molecule has 1 aliphatic heterocycles. The van der Waals surface area contributed by atoms with E-state index in [4.69, 9.17) is 18.9 Å². The number of esters is 1. The fourth-order valence-electron chi connectivity index (χ4n) is 3.15. The minimum absolute atomic E-state index is 0.0379. The summed E-state index contributed by atoms with van der Waals surface area (Å²) in [6, 6.07) is 19.1. The van der Waals surface area contributed by atoms with Gasteiger partial charge in [0.25, 0.3) is 5.69 Å². The van der Waals surface area contributed by atoms with Gasteiger partial charge in [0.2, 0.25) is 0 Å². The van der Waals surface area contributed by atoms with Crippen molar-refractivity contribution in [1.29, 1.82) is 0 Å². The van der Waals surface area contributed by atoms with Crippen molar-refractivity contribution >= 4 is 11.7 Å². The van der Waals surface area contributed by atoms with Gasteiger partial charge in [0.15, 0.2) is 6.79 Å². The first-order chi connectivity index (χ1) is 15.1. The van der Waals surface area contributed by atoms with Gasteiger partial charge >= 0.3 is 5.97 Å². The lowest BCUT2D eigenvalue weighted by Crippen LogP contribution is -2.15. The summed E-state index contributed by atoms with van der Waals surface area (Å²) in [6.07, 6.45) is 0. The maximum absolute atomic E-state index is 12.4. The number of carbonyl (C=O) groups is 1. The predicted octanol–water partition coefficient (Wildman–Crippen LogP) is 4.40. The summed E-state index contributed by atoms with van der Waals surface area (Å²) in [4.78, 5) is 23.1. The molecule has 0 aliphatic carbocycles. The molecule has 8 heteroatoms. The van der Waals surface area contributed by atoms with E-state index in [9.17, 15) is 14.9 Å². The van der Waals surface area contributed by atoms with Gasteiger partial charge in [-0.05, 0) is 29.8 Å². The number of hydrogen-bond acceptors (Lipinski definition) is 7. The molecule has 0 amide bonds.